The molecule has 60 valence electrons. The van der Waals surface area contributed by atoms with Crippen molar-refractivity contribution in [1.29, 1.82) is 0 Å². The predicted molar refractivity (Wildman–Crippen MR) is 39.3 cm³/mol. The Kier molecular flexibility index (Phi) is 3.63. The van der Waals surface area contributed by atoms with Gasteiger partial charge in [0.05, 0.1) is 0 Å². The van der Waals surface area contributed by atoms with Crippen LogP contribution in [-0.4, -0.2) is 29.7 Å². The van der Waals surface area contributed by atoms with Crippen LogP contribution in [0.1, 0.15) is 6.42 Å². The number of halogens is 1. The molecule has 1 aliphatic heterocycles. The van der Waals surface area contributed by atoms with Crippen LogP contribution >= 0.6 is 12.4 Å². The molecule has 1 heterocycles. The van der Waals surface area contributed by atoms with E-state index in [0.29, 0.717) is 0 Å². The van der Waals surface area contributed by atoms with Gasteiger partial charge in [0.25, 0.3) is 0 Å². The van der Waals surface area contributed by atoms with Crippen molar-refractivity contribution in [3.63, 3.8) is 0 Å². The van der Waals surface area contributed by atoms with Gasteiger partial charge in [0.1, 0.15) is 6.04 Å². The van der Waals surface area contributed by atoms with Crippen molar-refractivity contribution in [1.82, 2.24) is 5.32 Å². The fourth-order valence-corrected chi connectivity index (χ4v) is 0.994. The zero-order chi connectivity index (χ0) is 6.85. The molecule has 0 bridgehead atoms. The Morgan fingerprint density at radius 2 is 2.30 bits per heavy atom. The van der Waals surface area contributed by atoms with Crippen LogP contribution in [0, 0.1) is 0 Å². The smallest absolute Gasteiger partial charge is 0.322 e. The van der Waals surface area contributed by atoms with Gasteiger partial charge in [-0.25, -0.2) is 0 Å². The van der Waals surface area contributed by atoms with Gasteiger partial charge in [-0.15, -0.1) is 12.4 Å². The summed E-state index contributed by atoms with van der Waals surface area (Å²) < 4.78 is 0. The van der Waals surface area contributed by atoms with Gasteiger partial charge in [0, 0.05) is 6.04 Å². The van der Waals surface area contributed by atoms with Crippen LogP contribution in [0.3, 0.4) is 0 Å². The number of carbonyl (C=O) groups is 1. The number of hydrogen-bond donors (Lipinski definition) is 3. The first-order valence-electron chi connectivity index (χ1n) is 2.93. The van der Waals surface area contributed by atoms with Crippen LogP contribution in [0.5, 0.6) is 0 Å². The van der Waals surface area contributed by atoms with Crippen molar-refractivity contribution in [2.24, 2.45) is 5.73 Å². The Morgan fingerprint density at radius 1 is 1.70 bits per heavy atom. The summed E-state index contributed by atoms with van der Waals surface area (Å²) in [6, 6.07) is -0.729. The van der Waals surface area contributed by atoms with Crippen molar-refractivity contribution in [3.05, 3.63) is 0 Å². The minimum absolute atomic E-state index is 0. The second-order valence-electron chi connectivity index (χ2n) is 2.22. The van der Waals surface area contributed by atoms with Crippen molar-refractivity contribution in [3.8, 4) is 0 Å². The molecule has 1 rings (SSSR count). The lowest BCUT2D eigenvalue weighted by Gasteiger charge is -2.08. The molecule has 0 amide bonds. The average molecular weight is 167 g/mol. The Morgan fingerprint density at radius 3 is 2.50 bits per heavy atom. The van der Waals surface area contributed by atoms with Crippen LogP contribution in [0.2, 0.25) is 0 Å². The molecule has 4 N–H and O–H groups in total. The molecule has 4 nitrogen and oxygen atoms in total. The number of rotatable bonds is 1. The Bertz CT molecular complexity index is 131. The van der Waals surface area contributed by atoms with Crippen LogP contribution in [0.25, 0.3) is 0 Å². The third kappa shape index (κ3) is 1.83. The highest BCUT2D eigenvalue weighted by molar-refractivity contribution is 5.85. The lowest BCUT2D eigenvalue weighted by molar-refractivity contribution is -0.139. The predicted octanol–water partition coefficient (Wildman–Crippen LogP) is -0.818. The van der Waals surface area contributed by atoms with E-state index in [1.54, 1.807) is 0 Å². The van der Waals surface area contributed by atoms with Crippen LogP contribution in [-0.2, 0) is 4.79 Å². The fourth-order valence-electron chi connectivity index (χ4n) is 0.994. The number of nitrogens with two attached hydrogens (primary N) is 1. The van der Waals surface area contributed by atoms with Crippen molar-refractivity contribution in [2.75, 3.05) is 6.54 Å². The lowest BCUT2D eigenvalue weighted by Crippen LogP contribution is -2.42. The quantitative estimate of drug-likeness (QED) is 0.476. The Labute approximate surface area is 65.2 Å². The molecule has 0 aromatic carbocycles. The molecule has 1 aliphatic rings. The van der Waals surface area contributed by atoms with Crippen LogP contribution in [0.15, 0.2) is 0 Å². The molecule has 0 aromatic rings. The summed E-state index contributed by atoms with van der Waals surface area (Å²) in [6.45, 7) is 0.720. The standard InChI is InChI=1S/C5H10N2O2.ClH/c6-3-1-2-7-4(3)5(8)9;/h3-4,7H,1-2,6H2,(H,8,9);1H/t3-,4+;/m1./s1. The topological polar surface area (TPSA) is 75.3 Å². The molecule has 0 saturated carbocycles. The second-order valence-corrected chi connectivity index (χ2v) is 2.22. The first-order valence-corrected chi connectivity index (χ1v) is 2.93. The van der Waals surface area contributed by atoms with E-state index < -0.39 is 12.0 Å². The summed E-state index contributed by atoms with van der Waals surface area (Å²) >= 11 is 0. The van der Waals surface area contributed by atoms with E-state index >= 15 is 0 Å². The normalized spacial score (nSPS) is 31.3. The minimum atomic E-state index is -0.847. The maximum atomic E-state index is 10.3. The van der Waals surface area contributed by atoms with Gasteiger partial charge in [0.2, 0.25) is 0 Å². The summed E-state index contributed by atoms with van der Waals surface area (Å²) in [7, 11) is 0. The highest BCUT2D eigenvalue weighted by Crippen LogP contribution is 2.02. The Hall–Kier alpha value is -0.320. The highest BCUT2D eigenvalue weighted by atomic mass is 35.5. The van der Waals surface area contributed by atoms with Crippen molar-refractivity contribution in [2.45, 2.75) is 18.5 Å². The number of aliphatic carboxylic acids is 1. The third-order valence-corrected chi connectivity index (χ3v) is 1.54. The molecule has 0 radical (unpaired) electrons. The molecule has 1 fully saturated rings. The SMILES string of the molecule is Cl.N[C@@H]1CCN[C@@H]1C(=O)O. The maximum Gasteiger partial charge on any atom is 0.322 e. The summed E-state index contributed by atoms with van der Waals surface area (Å²) in [5, 5.41) is 11.2. The average Bonchev–Trinajstić information content (AvgIpc) is 2.13. The van der Waals surface area contributed by atoms with Gasteiger partial charge >= 0.3 is 5.97 Å². The van der Waals surface area contributed by atoms with E-state index in [4.69, 9.17) is 10.8 Å². The molecule has 1 saturated heterocycles. The largest absolute Gasteiger partial charge is 0.480 e. The molecule has 2 atom stereocenters. The fraction of sp³-hybridized carbons (Fsp3) is 0.800. The lowest BCUT2D eigenvalue weighted by atomic mass is 10.1. The maximum absolute atomic E-state index is 10.3. The summed E-state index contributed by atoms with van der Waals surface area (Å²) in [6.07, 6.45) is 0.761. The number of carboxylic acid groups (broad SMARTS) is 1. The molecule has 0 spiro atoms. The monoisotopic (exact) mass is 166 g/mol. The molecule has 10 heavy (non-hydrogen) atoms. The van der Waals surface area contributed by atoms with Crippen molar-refractivity contribution >= 4 is 18.4 Å². The van der Waals surface area contributed by atoms with Gasteiger partial charge in [-0.1, -0.05) is 0 Å². The first-order chi connectivity index (χ1) is 4.22. The van der Waals surface area contributed by atoms with Gasteiger partial charge < -0.3 is 16.2 Å². The van der Waals surface area contributed by atoms with Crippen LogP contribution in [0.4, 0.5) is 0 Å². The number of hydrogen-bond acceptors (Lipinski definition) is 3. The van der Waals surface area contributed by atoms with E-state index in [2.05, 4.69) is 5.32 Å². The zero-order valence-electron chi connectivity index (χ0n) is 5.41. The minimum Gasteiger partial charge on any atom is -0.480 e. The zero-order valence-corrected chi connectivity index (χ0v) is 6.23. The van der Waals surface area contributed by atoms with Gasteiger partial charge in [0.15, 0.2) is 0 Å². The van der Waals surface area contributed by atoms with Crippen molar-refractivity contribution < 1.29 is 9.90 Å². The molecule has 0 aromatic heterocycles. The molecular weight excluding hydrogens is 156 g/mol. The molecular formula is C5H11ClN2O2. The van der Waals surface area contributed by atoms with E-state index in [1.165, 1.54) is 0 Å². The summed E-state index contributed by atoms with van der Waals surface area (Å²) in [4.78, 5) is 10.3. The highest BCUT2D eigenvalue weighted by Gasteiger charge is 2.28. The van der Waals surface area contributed by atoms with Gasteiger partial charge in [-0.05, 0) is 13.0 Å². The van der Waals surface area contributed by atoms with E-state index in [0.717, 1.165) is 13.0 Å². The Balaban J connectivity index is 0.000000810. The molecule has 0 aliphatic carbocycles. The number of nitrogens with one attached hydrogen (secondary N) is 1. The number of carboxylic acids is 1. The van der Waals surface area contributed by atoms with E-state index in [9.17, 15) is 4.79 Å². The van der Waals surface area contributed by atoms with E-state index in [1.807, 2.05) is 0 Å². The van der Waals surface area contributed by atoms with Gasteiger partial charge in [-0.2, -0.15) is 0 Å². The summed E-state index contributed by atoms with van der Waals surface area (Å²) in [5.41, 5.74) is 5.44. The second kappa shape index (κ2) is 3.75. The van der Waals surface area contributed by atoms with Gasteiger partial charge in [-0.3, -0.25) is 4.79 Å². The first kappa shape index (κ1) is 9.68. The third-order valence-electron chi connectivity index (χ3n) is 1.54. The summed E-state index contributed by atoms with van der Waals surface area (Å²) in [5.74, 6) is -0.847. The molecule has 5 heteroatoms. The van der Waals surface area contributed by atoms with Crippen LogP contribution < -0.4 is 11.1 Å². The molecule has 0 unspecified atom stereocenters. The van der Waals surface area contributed by atoms with E-state index in [-0.39, 0.29) is 18.4 Å².